The van der Waals surface area contributed by atoms with Crippen molar-refractivity contribution >= 4 is 29.4 Å². The Morgan fingerprint density at radius 2 is 2.08 bits per heavy atom. The van der Waals surface area contributed by atoms with Crippen LogP contribution in [0.25, 0.3) is 0 Å². The highest BCUT2D eigenvalue weighted by Gasteiger charge is 2.23. The van der Waals surface area contributed by atoms with Crippen LogP contribution in [-0.2, 0) is 5.75 Å². The molecule has 24 heavy (non-hydrogen) atoms. The Bertz CT molecular complexity index is 718. The first-order valence-electron chi connectivity index (χ1n) is 8.07. The lowest BCUT2D eigenvalue weighted by Crippen LogP contribution is -2.30. The van der Waals surface area contributed by atoms with Crippen LogP contribution in [0.15, 0.2) is 47.4 Å². The van der Waals surface area contributed by atoms with E-state index in [1.807, 2.05) is 36.0 Å². The molecule has 0 saturated heterocycles. The zero-order chi connectivity index (χ0) is 16.9. The third-order valence-electron chi connectivity index (χ3n) is 4.01. The summed E-state index contributed by atoms with van der Waals surface area (Å²) in [6.45, 7) is 2.13. The fourth-order valence-electron chi connectivity index (χ4n) is 2.73. The van der Waals surface area contributed by atoms with Gasteiger partial charge in [0.15, 0.2) is 0 Å². The van der Waals surface area contributed by atoms with Gasteiger partial charge in [0.05, 0.1) is 6.04 Å². The first kappa shape index (κ1) is 17.4. The van der Waals surface area contributed by atoms with Crippen molar-refractivity contribution in [3.63, 3.8) is 0 Å². The van der Waals surface area contributed by atoms with Gasteiger partial charge in [-0.3, -0.25) is 4.79 Å². The molecule has 0 saturated carbocycles. The summed E-state index contributed by atoms with van der Waals surface area (Å²) in [7, 11) is 0. The van der Waals surface area contributed by atoms with Crippen molar-refractivity contribution < 1.29 is 9.18 Å². The minimum absolute atomic E-state index is 0.100. The Kier molecular flexibility index (Phi) is 5.85. The van der Waals surface area contributed by atoms with Crippen molar-refractivity contribution in [1.29, 1.82) is 0 Å². The molecular weight excluding hydrogens is 341 g/mol. The zero-order valence-electron chi connectivity index (χ0n) is 13.5. The van der Waals surface area contributed by atoms with E-state index >= 15 is 0 Å². The summed E-state index contributed by atoms with van der Waals surface area (Å²) >= 11 is 3.57. The molecule has 2 nitrogen and oxygen atoms in total. The number of hydrogen-bond donors (Lipinski definition) is 1. The van der Waals surface area contributed by atoms with Gasteiger partial charge in [0.1, 0.15) is 5.82 Å². The SMILES string of the molecule is CCSCc1ccc(C(=O)NC2CCSc3ccc(F)cc32)cc1. The lowest BCUT2D eigenvalue weighted by Gasteiger charge is -2.26. The molecule has 0 spiro atoms. The number of thioether (sulfide) groups is 2. The number of amides is 1. The van der Waals surface area contributed by atoms with E-state index in [9.17, 15) is 9.18 Å². The molecule has 3 rings (SSSR count). The van der Waals surface area contributed by atoms with Gasteiger partial charge in [0, 0.05) is 22.0 Å². The quantitative estimate of drug-likeness (QED) is 0.808. The number of nitrogens with one attached hydrogen (secondary N) is 1. The number of halogens is 1. The van der Waals surface area contributed by atoms with E-state index in [1.54, 1.807) is 17.8 Å². The number of carbonyl (C=O) groups is 1. The first-order valence-corrected chi connectivity index (χ1v) is 10.2. The Morgan fingerprint density at radius 1 is 1.29 bits per heavy atom. The van der Waals surface area contributed by atoms with Crippen LogP contribution < -0.4 is 5.32 Å². The summed E-state index contributed by atoms with van der Waals surface area (Å²) in [6, 6.07) is 12.4. The summed E-state index contributed by atoms with van der Waals surface area (Å²) in [6.07, 6.45) is 0.818. The standard InChI is InChI=1S/C19H20FNOS2/c1-2-23-12-13-3-5-14(6-4-13)19(22)21-17-9-10-24-18-8-7-15(20)11-16(17)18/h3-8,11,17H,2,9-10,12H2,1H3,(H,21,22). The maximum Gasteiger partial charge on any atom is 0.251 e. The van der Waals surface area contributed by atoms with E-state index in [-0.39, 0.29) is 17.8 Å². The molecule has 0 aliphatic carbocycles. The monoisotopic (exact) mass is 361 g/mol. The largest absolute Gasteiger partial charge is 0.345 e. The minimum Gasteiger partial charge on any atom is -0.345 e. The molecule has 1 amide bonds. The fourth-order valence-corrected chi connectivity index (χ4v) is 4.47. The van der Waals surface area contributed by atoms with Crippen LogP contribution in [0, 0.1) is 5.82 Å². The zero-order valence-corrected chi connectivity index (χ0v) is 15.2. The molecule has 1 heterocycles. The van der Waals surface area contributed by atoms with Gasteiger partial charge in [-0.1, -0.05) is 19.1 Å². The lowest BCUT2D eigenvalue weighted by atomic mass is 10.0. The number of rotatable bonds is 5. The van der Waals surface area contributed by atoms with E-state index < -0.39 is 0 Å². The number of hydrogen-bond acceptors (Lipinski definition) is 3. The van der Waals surface area contributed by atoms with Crippen molar-refractivity contribution in [2.45, 2.75) is 30.0 Å². The minimum atomic E-state index is -0.256. The van der Waals surface area contributed by atoms with Gasteiger partial charge in [-0.15, -0.1) is 11.8 Å². The molecule has 1 aliphatic rings. The second kappa shape index (κ2) is 8.08. The van der Waals surface area contributed by atoms with Gasteiger partial charge in [-0.05, 0) is 53.6 Å². The van der Waals surface area contributed by atoms with Crippen molar-refractivity contribution in [2.75, 3.05) is 11.5 Å². The van der Waals surface area contributed by atoms with Crippen molar-refractivity contribution in [3.05, 3.63) is 65.0 Å². The molecule has 1 aliphatic heterocycles. The van der Waals surface area contributed by atoms with Crippen LogP contribution in [0.1, 0.15) is 40.9 Å². The van der Waals surface area contributed by atoms with Gasteiger partial charge in [0.2, 0.25) is 0 Å². The molecule has 5 heteroatoms. The van der Waals surface area contributed by atoms with Crippen LogP contribution in [0.2, 0.25) is 0 Å². The van der Waals surface area contributed by atoms with Crippen molar-refractivity contribution in [3.8, 4) is 0 Å². The van der Waals surface area contributed by atoms with E-state index in [0.29, 0.717) is 5.56 Å². The normalized spacial score (nSPS) is 16.5. The molecular formula is C19H20FNOS2. The average Bonchev–Trinajstić information content (AvgIpc) is 2.61. The maximum absolute atomic E-state index is 13.6. The number of benzene rings is 2. The van der Waals surface area contributed by atoms with Crippen LogP contribution in [0.5, 0.6) is 0 Å². The Morgan fingerprint density at radius 3 is 2.83 bits per heavy atom. The van der Waals surface area contributed by atoms with Crippen LogP contribution >= 0.6 is 23.5 Å². The van der Waals surface area contributed by atoms with E-state index in [4.69, 9.17) is 0 Å². The van der Waals surface area contributed by atoms with Crippen LogP contribution in [-0.4, -0.2) is 17.4 Å². The van der Waals surface area contributed by atoms with Crippen LogP contribution in [0.3, 0.4) is 0 Å². The molecule has 126 valence electrons. The van der Waals surface area contributed by atoms with Crippen LogP contribution in [0.4, 0.5) is 4.39 Å². The smallest absolute Gasteiger partial charge is 0.251 e. The molecule has 1 N–H and O–H groups in total. The second-order valence-electron chi connectivity index (χ2n) is 5.68. The summed E-state index contributed by atoms with van der Waals surface area (Å²) in [5.41, 5.74) is 2.76. The molecule has 0 radical (unpaired) electrons. The van der Waals surface area contributed by atoms with Gasteiger partial charge < -0.3 is 5.32 Å². The van der Waals surface area contributed by atoms with E-state index in [1.165, 1.54) is 17.7 Å². The van der Waals surface area contributed by atoms with Gasteiger partial charge >= 0.3 is 0 Å². The van der Waals surface area contributed by atoms with E-state index in [2.05, 4.69) is 12.2 Å². The van der Waals surface area contributed by atoms with E-state index in [0.717, 1.165) is 34.1 Å². The lowest BCUT2D eigenvalue weighted by molar-refractivity contribution is 0.0935. The van der Waals surface area contributed by atoms with Gasteiger partial charge in [-0.2, -0.15) is 11.8 Å². The topological polar surface area (TPSA) is 29.1 Å². The Hall–Kier alpha value is -1.46. The second-order valence-corrected chi connectivity index (χ2v) is 8.09. The molecule has 0 bridgehead atoms. The fraction of sp³-hybridized carbons (Fsp3) is 0.316. The summed E-state index contributed by atoms with van der Waals surface area (Å²) in [5.74, 6) is 2.62. The number of fused-ring (bicyclic) bond motifs is 1. The van der Waals surface area contributed by atoms with Gasteiger partial charge in [-0.25, -0.2) is 4.39 Å². The van der Waals surface area contributed by atoms with Gasteiger partial charge in [0.25, 0.3) is 5.91 Å². The average molecular weight is 362 g/mol. The molecule has 1 atom stereocenters. The number of carbonyl (C=O) groups excluding carboxylic acids is 1. The molecule has 1 unspecified atom stereocenters. The molecule has 2 aromatic carbocycles. The van der Waals surface area contributed by atoms with Crippen molar-refractivity contribution in [1.82, 2.24) is 5.32 Å². The molecule has 2 aromatic rings. The predicted octanol–water partition coefficient (Wildman–Crippen LogP) is 5.05. The Balaban J connectivity index is 1.70. The first-order chi connectivity index (χ1) is 11.7. The molecule has 0 fully saturated rings. The van der Waals surface area contributed by atoms with Crippen molar-refractivity contribution in [2.24, 2.45) is 0 Å². The highest BCUT2D eigenvalue weighted by atomic mass is 32.2. The Labute approximate surface area is 150 Å². The molecule has 0 aromatic heterocycles. The summed E-state index contributed by atoms with van der Waals surface area (Å²) in [5, 5.41) is 3.06. The summed E-state index contributed by atoms with van der Waals surface area (Å²) < 4.78 is 13.6. The third kappa shape index (κ3) is 4.14. The highest BCUT2D eigenvalue weighted by Crippen LogP contribution is 2.36. The third-order valence-corrected chi connectivity index (χ3v) is 6.07. The predicted molar refractivity (Wildman–Crippen MR) is 100 cm³/mol. The highest BCUT2D eigenvalue weighted by molar-refractivity contribution is 7.99. The summed E-state index contributed by atoms with van der Waals surface area (Å²) in [4.78, 5) is 13.6. The maximum atomic E-state index is 13.6.